The lowest BCUT2D eigenvalue weighted by Crippen LogP contribution is -2.03. The molecule has 0 aliphatic heterocycles. The summed E-state index contributed by atoms with van der Waals surface area (Å²) in [6, 6.07) is 7.57. The van der Waals surface area contributed by atoms with E-state index in [9.17, 15) is 0 Å². The zero-order valence-corrected chi connectivity index (χ0v) is 7.91. The highest BCUT2D eigenvalue weighted by Gasteiger charge is 2.08. The summed E-state index contributed by atoms with van der Waals surface area (Å²) in [5.41, 5.74) is 0.709. The van der Waals surface area contributed by atoms with Gasteiger partial charge in [-0.2, -0.15) is 5.26 Å². The fraction of sp³-hybridized carbons (Fsp3) is 0.222. The zero-order valence-electron chi connectivity index (χ0n) is 7.91. The Morgan fingerprint density at radius 2 is 2.33 bits per heavy atom. The van der Waals surface area contributed by atoms with Gasteiger partial charge in [0.2, 0.25) is 5.82 Å². The van der Waals surface area contributed by atoms with Gasteiger partial charge in [-0.1, -0.05) is 6.07 Å². The summed E-state index contributed by atoms with van der Waals surface area (Å²) in [6.07, 6.45) is 2.06. The summed E-state index contributed by atoms with van der Waals surface area (Å²) in [5.74, 6) is 0.589. The van der Waals surface area contributed by atoms with Crippen molar-refractivity contribution in [2.75, 3.05) is 0 Å². The van der Waals surface area contributed by atoms with Crippen LogP contribution in [-0.4, -0.2) is 25.2 Å². The van der Waals surface area contributed by atoms with E-state index in [4.69, 9.17) is 5.26 Å². The van der Waals surface area contributed by atoms with E-state index >= 15 is 0 Å². The number of hydrogen-bond acceptors (Lipinski definition) is 5. The van der Waals surface area contributed by atoms with Gasteiger partial charge >= 0.3 is 0 Å². The first-order chi connectivity index (χ1) is 7.42. The molecule has 15 heavy (non-hydrogen) atoms. The van der Waals surface area contributed by atoms with Crippen molar-refractivity contribution in [1.82, 2.24) is 25.2 Å². The van der Waals surface area contributed by atoms with Crippen LogP contribution in [0.1, 0.15) is 6.42 Å². The molecule has 0 N–H and O–H groups in total. The standard InChI is InChI=1S/C9H8N6/c10-5-3-7-15-9(12-13-14-15)8-4-1-2-6-11-8/h1-2,4,6H,3,7H2. The Morgan fingerprint density at radius 1 is 1.40 bits per heavy atom. The molecule has 6 nitrogen and oxygen atoms in total. The van der Waals surface area contributed by atoms with Gasteiger partial charge in [-0.15, -0.1) is 5.10 Å². The predicted molar refractivity (Wildman–Crippen MR) is 51.3 cm³/mol. The molecule has 0 unspecified atom stereocenters. The highest BCUT2D eigenvalue weighted by Crippen LogP contribution is 2.11. The van der Waals surface area contributed by atoms with E-state index in [0.29, 0.717) is 24.5 Å². The molecule has 2 rings (SSSR count). The second kappa shape index (κ2) is 4.28. The van der Waals surface area contributed by atoms with E-state index in [-0.39, 0.29) is 0 Å². The smallest absolute Gasteiger partial charge is 0.200 e. The Bertz CT molecular complexity index is 469. The molecular formula is C9H8N6. The Balaban J connectivity index is 2.30. The molecule has 0 amide bonds. The first kappa shape index (κ1) is 9.27. The number of rotatable bonds is 3. The van der Waals surface area contributed by atoms with E-state index in [1.54, 1.807) is 10.9 Å². The Labute approximate surface area is 86.2 Å². The molecule has 0 fully saturated rings. The van der Waals surface area contributed by atoms with Crippen LogP contribution in [0.2, 0.25) is 0 Å². The lowest BCUT2D eigenvalue weighted by molar-refractivity contribution is 0.603. The summed E-state index contributed by atoms with van der Waals surface area (Å²) in [7, 11) is 0. The molecule has 0 radical (unpaired) electrons. The van der Waals surface area contributed by atoms with E-state index in [0.717, 1.165) is 0 Å². The predicted octanol–water partition coefficient (Wildman–Crippen LogP) is 0.649. The molecule has 0 aliphatic rings. The molecule has 0 aromatic carbocycles. The molecule has 2 heterocycles. The van der Waals surface area contributed by atoms with Gasteiger partial charge in [-0.05, 0) is 22.6 Å². The molecule has 74 valence electrons. The van der Waals surface area contributed by atoms with Crippen LogP contribution in [0.5, 0.6) is 0 Å². The number of nitriles is 1. The van der Waals surface area contributed by atoms with E-state index in [2.05, 4.69) is 20.5 Å². The third-order valence-corrected chi connectivity index (χ3v) is 1.86. The van der Waals surface area contributed by atoms with Crippen LogP contribution in [0, 0.1) is 11.3 Å². The van der Waals surface area contributed by atoms with Gasteiger partial charge in [0.05, 0.1) is 19.0 Å². The van der Waals surface area contributed by atoms with Crippen molar-refractivity contribution in [3.8, 4) is 17.6 Å². The number of hydrogen-bond donors (Lipinski definition) is 0. The lowest BCUT2D eigenvalue weighted by Gasteiger charge is -1.99. The maximum absolute atomic E-state index is 8.48. The summed E-state index contributed by atoms with van der Waals surface area (Å²) >= 11 is 0. The van der Waals surface area contributed by atoms with Crippen LogP contribution in [0.15, 0.2) is 24.4 Å². The molecule has 6 heteroatoms. The third kappa shape index (κ3) is 1.96. The van der Waals surface area contributed by atoms with Crippen LogP contribution >= 0.6 is 0 Å². The number of pyridine rings is 1. The van der Waals surface area contributed by atoms with Gasteiger partial charge in [0, 0.05) is 6.20 Å². The molecule has 0 atom stereocenters. The zero-order chi connectivity index (χ0) is 10.5. The molecule has 0 spiro atoms. The molecule has 0 aliphatic carbocycles. The van der Waals surface area contributed by atoms with Crippen LogP contribution in [0.25, 0.3) is 11.5 Å². The number of aryl methyl sites for hydroxylation is 1. The second-order valence-electron chi connectivity index (χ2n) is 2.85. The van der Waals surface area contributed by atoms with E-state index in [1.165, 1.54) is 0 Å². The van der Waals surface area contributed by atoms with Crippen LogP contribution in [-0.2, 0) is 6.54 Å². The first-order valence-electron chi connectivity index (χ1n) is 4.46. The second-order valence-corrected chi connectivity index (χ2v) is 2.85. The van der Waals surface area contributed by atoms with Crippen molar-refractivity contribution in [3.05, 3.63) is 24.4 Å². The maximum Gasteiger partial charge on any atom is 0.200 e. The quantitative estimate of drug-likeness (QED) is 0.726. The molecule has 0 bridgehead atoms. The number of aromatic nitrogens is 5. The van der Waals surface area contributed by atoms with Gasteiger partial charge in [0.15, 0.2) is 0 Å². The Kier molecular flexibility index (Phi) is 2.65. The van der Waals surface area contributed by atoms with Crippen molar-refractivity contribution in [2.45, 2.75) is 13.0 Å². The van der Waals surface area contributed by atoms with E-state index < -0.39 is 0 Å². The lowest BCUT2D eigenvalue weighted by atomic mass is 10.3. The minimum atomic E-state index is 0.380. The summed E-state index contributed by atoms with van der Waals surface area (Å²) in [4.78, 5) is 4.14. The summed E-state index contributed by atoms with van der Waals surface area (Å²) in [6.45, 7) is 0.482. The maximum atomic E-state index is 8.48. The van der Waals surface area contributed by atoms with Gasteiger partial charge in [0.1, 0.15) is 5.69 Å². The van der Waals surface area contributed by atoms with Gasteiger partial charge in [-0.3, -0.25) is 4.98 Å². The number of nitrogens with zero attached hydrogens (tertiary/aromatic N) is 6. The molecule has 0 saturated carbocycles. The minimum Gasteiger partial charge on any atom is -0.253 e. The van der Waals surface area contributed by atoms with E-state index in [1.807, 2.05) is 24.3 Å². The number of tetrazole rings is 1. The average molecular weight is 200 g/mol. The fourth-order valence-electron chi connectivity index (χ4n) is 1.19. The minimum absolute atomic E-state index is 0.380. The fourth-order valence-corrected chi connectivity index (χ4v) is 1.19. The Hall–Kier alpha value is -2.29. The largest absolute Gasteiger partial charge is 0.253 e. The third-order valence-electron chi connectivity index (χ3n) is 1.86. The van der Waals surface area contributed by atoms with Crippen molar-refractivity contribution in [3.63, 3.8) is 0 Å². The summed E-state index contributed by atoms with van der Waals surface area (Å²) < 4.78 is 1.57. The van der Waals surface area contributed by atoms with Crippen molar-refractivity contribution in [1.29, 1.82) is 5.26 Å². The highest BCUT2D eigenvalue weighted by atomic mass is 15.5. The van der Waals surface area contributed by atoms with Crippen molar-refractivity contribution >= 4 is 0 Å². The molecule has 0 saturated heterocycles. The normalized spacial score (nSPS) is 9.80. The van der Waals surface area contributed by atoms with Crippen LogP contribution in [0.4, 0.5) is 0 Å². The molecule has 2 aromatic heterocycles. The monoisotopic (exact) mass is 200 g/mol. The average Bonchev–Trinajstić information content (AvgIpc) is 2.75. The SMILES string of the molecule is N#CCCn1nnnc1-c1ccccn1. The molecular weight excluding hydrogens is 192 g/mol. The highest BCUT2D eigenvalue weighted by molar-refractivity contribution is 5.47. The van der Waals surface area contributed by atoms with Crippen molar-refractivity contribution in [2.24, 2.45) is 0 Å². The summed E-state index contributed by atoms with van der Waals surface area (Å²) in [5, 5.41) is 19.7. The Morgan fingerprint density at radius 3 is 3.07 bits per heavy atom. The van der Waals surface area contributed by atoms with Gasteiger partial charge in [-0.25, -0.2) is 4.68 Å². The van der Waals surface area contributed by atoms with Gasteiger partial charge < -0.3 is 0 Å². The first-order valence-corrected chi connectivity index (χ1v) is 4.46. The van der Waals surface area contributed by atoms with Gasteiger partial charge in [0.25, 0.3) is 0 Å². The van der Waals surface area contributed by atoms with Crippen molar-refractivity contribution < 1.29 is 0 Å². The topological polar surface area (TPSA) is 80.3 Å². The van der Waals surface area contributed by atoms with Crippen LogP contribution < -0.4 is 0 Å². The molecule has 2 aromatic rings. The van der Waals surface area contributed by atoms with Crippen LogP contribution in [0.3, 0.4) is 0 Å².